The Hall–Kier alpha value is -1.89. The molecule has 0 aliphatic carbocycles. The normalized spacial score (nSPS) is 25.5. The molecular weight excluding hydrogens is 306 g/mol. The molecule has 0 spiro atoms. The standard InChI is InChI=1S/C17H27N5O2/c1-4-20-8-9-22(12-14(20)16-18-6-7-19(16)3)17(24)13-10-15(23)21(5-2)11-13/h6-7,13-14H,4-5,8-12H2,1-3H3/t13-,14+/m0/s1. The third kappa shape index (κ3) is 3.05. The molecule has 132 valence electrons. The molecule has 7 nitrogen and oxygen atoms in total. The molecule has 0 aromatic carbocycles. The lowest BCUT2D eigenvalue weighted by atomic mass is 10.0. The zero-order valence-corrected chi connectivity index (χ0v) is 14.8. The Morgan fingerprint density at radius 3 is 2.62 bits per heavy atom. The molecule has 1 aromatic rings. The van der Waals surface area contributed by atoms with E-state index in [1.165, 1.54) is 0 Å². The van der Waals surface area contributed by atoms with Crippen molar-refractivity contribution in [1.29, 1.82) is 0 Å². The zero-order chi connectivity index (χ0) is 17.3. The van der Waals surface area contributed by atoms with Crippen molar-refractivity contribution < 1.29 is 9.59 Å². The molecule has 2 aliphatic heterocycles. The monoisotopic (exact) mass is 333 g/mol. The topological polar surface area (TPSA) is 61.7 Å². The van der Waals surface area contributed by atoms with Crippen LogP contribution in [0.4, 0.5) is 0 Å². The van der Waals surface area contributed by atoms with Crippen LogP contribution in [0.5, 0.6) is 0 Å². The molecule has 2 aliphatic rings. The molecule has 0 saturated carbocycles. The first-order valence-corrected chi connectivity index (χ1v) is 8.83. The van der Waals surface area contributed by atoms with Crippen LogP contribution in [0.3, 0.4) is 0 Å². The Kier molecular flexibility index (Phi) is 4.89. The highest BCUT2D eigenvalue weighted by atomic mass is 16.2. The average molecular weight is 333 g/mol. The number of imidazole rings is 1. The minimum absolute atomic E-state index is 0.101. The quantitative estimate of drug-likeness (QED) is 0.805. The first-order valence-electron chi connectivity index (χ1n) is 8.83. The van der Waals surface area contributed by atoms with Crippen LogP contribution in [-0.2, 0) is 16.6 Å². The van der Waals surface area contributed by atoms with Crippen molar-refractivity contribution in [3.05, 3.63) is 18.2 Å². The Labute approximate surface area is 143 Å². The summed E-state index contributed by atoms with van der Waals surface area (Å²) in [5.74, 6) is 1.03. The minimum Gasteiger partial charge on any atom is -0.342 e. The fraction of sp³-hybridized carbons (Fsp3) is 0.706. The number of piperazine rings is 1. The molecule has 1 aromatic heterocycles. The summed E-state index contributed by atoms with van der Waals surface area (Å²) in [7, 11) is 1.99. The Morgan fingerprint density at radius 2 is 2.04 bits per heavy atom. The fourth-order valence-electron chi connectivity index (χ4n) is 3.84. The van der Waals surface area contributed by atoms with Crippen molar-refractivity contribution in [1.82, 2.24) is 24.3 Å². The highest BCUT2D eigenvalue weighted by Crippen LogP contribution is 2.27. The number of hydrogen-bond acceptors (Lipinski definition) is 4. The van der Waals surface area contributed by atoms with E-state index in [1.807, 2.05) is 29.6 Å². The van der Waals surface area contributed by atoms with E-state index in [4.69, 9.17) is 0 Å². The lowest BCUT2D eigenvalue weighted by Gasteiger charge is -2.41. The average Bonchev–Trinajstić information content (AvgIpc) is 3.19. The highest BCUT2D eigenvalue weighted by Gasteiger charge is 2.39. The summed E-state index contributed by atoms with van der Waals surface area (Å²) in [6.45, 7) is 8.50. The number of hydrogen-bond donors (Lipinski definition) is 0. The predicted molar refractivity (Wildman–Crippen MR) is 90.1 cm³/mol. The van der Waals surface area contributed by atoms with Crippen LogP contribution in [0.15, 0.2) is 12.4 Å². The van der Waals surface area contributed by atoms with Gasteiger partial charge in [-0.15, -0.1) is 0 Å². The molecule has 3 rings (SSSR count). The zero-order valence-electron chi connectivity index (χ0n) is 14.8. The molecule has 0 radical (unpaired) electrons. The van der Waals surface area contributed by atoms with Crippen LogP contribution in [-0.4, -0.2) is 75.3 Å². The Bertz CT molecular complexity index is 614. The van der Waals surface area contributed by atoms with Crippen molar-refractivity contribution in [2.45, 2.75) is 26.3 Å². The summed E-state index contributed by atoms with van der Waals surface area (Å²) in [4.78, 5) is 35.4. The van der Waals surface area contributed by atoms with E-state index in [-0.39, 0.29) is 23.8 Å². The maximum Gasteiger partial charge on any atom is 0.228 e. The summed E-state index contributed by atoms with van der Waals surface area (Å²) in [6.07, 6.45) is 4.10. The van der Waals surface area contributed by atoms with Gasteiger partial charge in [0.25, 0.3) is 0 Å². The Balaban J connectivity index is 1.72. The van der Waals surface area contributed by atoms with Crippen LogP contribution in [0.2, 0.25) is 0 Å². The summed E-state index contributed by atoms with van der Waals surface area (Å²) >= 11 is 0. The van der Waals surface area contributed by atoms with Gasteiger partial charge in [-0.3, -0.25) is 14.5 Å². The third-order valence-electron chi connectivity index (χ3n) is 5.31. The van der Waals surface area contributed by atoms with E-state index in [0.717, 1.165) is 25.5 Å². The summed E-state index contributed by atoms with van der Waals surface area (Å²) < 4.78 is 2.03. The number of carbonyl (C=O) groups is 2. The van der Waals surface area contributed by atoms with Gasteiger partial charge in [-0.05, 0) is 13.5 Å². The van der Waals surface area contributed by atoms with E-state index < -0.39 is 0 Å². The van der Waals surface area contributed by atoms with Gasteiger partial charge in [0, 0.05) is 58.6 Å². The smallest absolute Gasteiger partial charge is 0.228 e. The van der Waals surface area contributed by atoms with Gasteiger partial charge in [0.1, 0.15) is 5.82 Å². The Morgan fingerprint density at radius 1 is 1.25 bits per heavy atom. The van der Waals surface area contributed by atoms with Crippen LogP contribution < -0.4 is 0 Å². The summed E-state index contributed by atoms with van der Waals surface area (Å²) in [6, 6.07) is 0.118. The van der Waals surface area contributed by atoms with Gasteiger partial charge in [-0.2, -0.15) is 0 Å². The highest BCUT2D eigenvalue weighted by molar-refractivity contribution is 5.89. The molecule has 2 amide bonds. The lowest BCUT2D eigenvalue weighted by molar-refractivity contribution is -0.139. The van der Waals surface area contributed by atoms with Gasteiger partial charge in [0.15, 0.2) is 0 Å². The molecule has 0 N–H and O–H groups in total. The van der Waals surface area contributed by atoms with E-state index in [2.05, 4.69) is 16.8 Å². The molecule has 0 bridgehead atoms. The second kappa shape index (κ2) is 6.93. The van der Waals surface area contributed by atoms with Gasteiger partial charge in [0.2, 0.25) is 11.8 Å². The van der Waals surface area contributed by atoms with Gasteiger partial charge in [0.05, 0.1) is 12.0 Å². The summed E-state index contributed by atoms with van der Waals surface area (Å²) in [5.41, 5.74) is 0. The second-order valence-electron chi connectivity index (χ2n) is 6.66. The minimum atomic E-state index is -0.187. The van der Waals surface area contributed by atoms with Gasteiger partial charge in [-0.25, -0.2) is 4.98 Å². The lowest BCUT2D eigenvalue weighted by Crippen LogP contribution is -2.52. The molecule has 7 heteroatoms. The third-order valence-corrected chi connectivity index (χ3v) is 5.31. The van der Waals surface area contributed by atoms with Crippen molar-refractivity contribution in [2.24, 2.45) is 13.0 Å². The van der Waals surface area contributed by atoms with Gasteiger partial charge < -0.3 is 14.4 Å². The van der Waals surface area contributed by atoms with E-state index in [1.54, 1.807) is 11.1 Å². The molecular formula is C17H27N5O2. The molecule has 3 heterocycles. The molecule has 2 fully saturated rings. The molecule has 0 unspecified atom stereocenters. The van der Waals surface area contributed by atoms with Gasteiger partial charge >= 0.3 is 0 Å². The van der Waals surface area contributed by atoms with Crippen LogP contribution in [0, 0.1) is 5.92 Å². The maximum absolute atomic E-state index is 12.9. The van der Waals surface area contributed by atoms with Crippen LogP contribution in [0.1, 0.15) is 32.1 Å². The number of aryl methyl sites for hydroxylation is 1. The number of likely N-dealkylation sites (tertiary alicyclic amines) is 1. The van der Waals surface area contributed by atoms with Gasteiger partial charge in [-0.1, -0.05) is 6.92 Å². The predicted octanol–water partition coefficient (Wildman–Crippen LogP) is 0.494. The van der Waals surface area contributed by atoms with Crippen molar-refractivity contribution in [3.63, 3.8) is 0 Å². The number of rotatable bonds is 4. The van der Waals surface area contributed by atoms with Crippen LogP contribution >= 0.6 is 0 Å². The van der Waals surface area contributed by atoms with E-state index in [9.17, 15) is 9.59 Å². The molecule has 2 atom stereocenters. The number of amides is 2. The first kappa shape index (κ1) is 17.0. The number of nitrogens with zero attached hydrogens (tertiary/aromatic N) is 5. The van der Waals surface area contributed by atoms with Crippen molar-refractivity contribution in [3.8, 4) is 0 Å². The molecule has 2 saturated heterocycles. The van der Waals surface area contributed by atoms with E-state index >= 15 is 0 Å². The van der Waals surface area contributed by atoms with Crippen molar-refractivity contribution in [2.75, 3.05) is 39.3 Å². The molecule has 24 heavy (non-hydrogen) atoms. The first-order chi connectivity index (χ1) is 11.5. The van der Waals surface area contributed by atoms with Crippen LogP contribution in [0.25, 0.3) is 0 Å². The largest absolute Gasteiger partial charge is 0.342 e. The van der Waals surface area contributed by atoms with E-state index in [0.29, 0.717) is 26.1 Å². The SMILES string of the molecule is CCN1C[C@@H](C(=O)N2CCN(CC)[C@@H](c3nccn3C)C2)CC1=O. The summed E-state index contributed by atoms with van der Waals surface area (Å²) in [5, 5.41) is 0. The number of carbonyl (C=O) groups excluding carboxylic acids is 2. The maximum atomic E-state index is 12.9. The number of aromatic nitrogens is 2. The second-order valence-corrected chi connectivity index (χ2v) is 6.66. The number of likely N-dealkylation sites (N-methyl/N-ethyl adjacent to an activating group) is 1. The van der Waals surface area contributed by atoms with Crippen molar-refractivity contribution >= 4 is 11.8 Å². The fourth-order valence-corrected chi connectivity index (χ4v) is 3.84.